The fourth-order valence-electron chi connectivity index (χ4n) is 4.92. The van der Waals surface area contributed by atoms with Crippen LogP contribution in [0.25, 0.3) is 0 Å². The zero-order chi connectivity index (χ0) is 22.1. The summed E-state index contributed by atoms with van der Waals surface area (Å²) in [7, 11) is 0. The van der Waals surface area contributed by atoms with Crippen LogP contribution < -0.4 is 15.1 Å². The van der Waals surface area contributed by atoms with Crippen molar-refractivity contribution in [3.63, 3.8) is 0 Å². The Morgan fingerprint density at radius 2 is 1.88 bits per heavy atom. The van der Waals surface area contributed by atoms with Crippen molar-refractivity contribution in [3.05, 3.63) is 35.3 Å². The van der Waals surface area contributed by atoms with Crippen LogP contribution in [0.3, 0.4) is 0 Å². The molecule has 3 amide bonds. The SMILES string of the molecule is O=C(CN1C(=O)C2CCCCN2c2ccc(C(=O)N3CCCCC3)cc21)Nc1nccs1. The second kappa shape index (κ2) is 8.90. The predicted molar refractivity (Wildman–Crippen MR) is 124 cm³/mol. The van der Waals surface area contributed by atoms with Gasteiger partial charge in [-0.1, -0.05) is 0 Å². The van der Waals surface area contributed by atoms with Crippen molar-refractivity contribution >= 4 is 45.6 Å². The highest BCUT2D eigenvalue weighted by Gasteiger charge is 2.40. The first-order valence-electron chi connectivity index (χ1n) is 11.3. The number of benzene rings is 1. The number of carbonyl (C=O) groups excluding carboxylic acids is 3. The van der Waals surface area contributed by atoms with Crippen LogP contribution in [0, 0.1) is 0 Å². The third-order valence-electron chi connectivity index (χ3n) is 6.50. The van der Waals surface area contributed by atoms with Crippen LogP contribution in [-0.2, 0) is 9.59 Å². The summed E-state index contributed by atoms with van der Waals surface area (Å²) in [4.78, 5) is 49.0. The first-order valence-corrected chi connectivity index (χ1v) is 12.2. The first kappa shape index (κ1) is 20.9. The molecular weight excluding hydrogens is 426 g/mol. The molecule has 32 heavy (non-hydrogen) atoms. The minimum absolute atomic E-state index is 0.00657. The van der Waals surface area contributed by atoms with Gasteiger partial charge >= 0.3 is 0 Å². The molecule has 3 aliphatic rings. The molecule has 1 aromatic carbocycles. The molecule has 4 heterocycles. The first-order chi connectivity index (χ1) is 15.6. The predicted octanol–water partition coefficient (Wildman–Crippen LogP) is 3.11. The molecule has 0 radical (unpaired) electrons. The molecule has 0 bridgehead atoms. The van der Waals surface area contributed by atoms with E-state index in [4.69, 9.17) is 0 Å². The summed E-state index contributed by atoms with van der Waals surface area (Å²) >= 11 is 1.34. The van der Waals surface area contributed by atoms with Gasteiger partial charge in [-0.3, -0.25) is 19.3 Å². The lowest BCUT2D eigenvalue weighted by molar-refractivity contribution is -0.123. The van der Waals surface area contributed by atoms with Crippen LogP contribution in [0.1, 0.15) is 48.9 Å². The van der Waals surface area contributed by atoms with Crippen molar-refractivity contribution in [2.24, 2.45) is 0 Å². The smallest absolute Gasteiger partial charge is 0.253 e. The van der Waals surface area contributed by atoms with E-state index in [1.54, 1.807) is 22.5 Å². The van der Waals surface area contributed by atoms with Crippen molar-refractivity contribution in [2.45, 2.75) is 44.6 Å². The number of rotatable bonds is 4. The minimum Gasteiger partial charge on any atom is -0.358 e. The number of aromatic nitrogens is 1. The Balaban J connectivity index is 1.46. The molecule has 2 aromatic rings. The number of anilines is 3. The molecule has 1 atom stereocenters. The fourth-order valence-corrected chi connectivity index (χ4v) is 5.47. The van der Waals surface area contributed by atoms with Gasteiger partial charge in [0.1, 0.15) is 12.6 Å². The van der Waals surface area contributed by atoms with Gasteiger partial charge in [0.2, 0.25) is 11.8 Å². The molecule has 5 rings (SSSR count). The van der Waals surface area contributed by atoms with Crippen LogP contribution >= 0.6 is 11.3 Å². The second-order valence-corrected chi connectivity index (χ2v) is 9.47. The van der Waals surface area contributed by atoms with Gasteiger partial charge in [0, 0.05) is 36.8 Å². The third kappa shape index (κ3) is 3.97. The minimum atomic E-state index is -0.295. The van der Waals surface area contributed by atoms with E-state index < -0.39 is 0 Å². The molecular formula is C23H27N5O3S. The van der Waals surface area contributed by atoms with E-state index in [0.29, 0.717) is 16.4 Å². The van der Waals surface area contributed by atoms with Gasteiger partial charge in [-0.05, 0) is 56.7 Å². The maximum Gasteiger partial charge on any atom is 0.253 e. The maximum atomic E-state index is 13.4. The number of fused-ring (bicyclic) bond motifs is 3. The summed E-state index contributed by atoms with van der Waals surface area (Å²) in [5, 5.41) is 5.06. The van der Waals surface area contributed by atoms with Crippen molar-refractivity contribution in [1.82, 2.24) is 9.88 Å². The molecule has 0 aliphatic carbocycles. The average Bonchev–Trinajstić information content (AvgIpc) is 3.34. The summed E-state index contributed by atoms with van der Waals surface area (Å²) in [5.74, 6) is -0.377. The number of nitrogens with zero attached hydrogens (tertiary/aromatic N) is 4. The lowest BCUT2D eigenvalue weighted by Crippen LogP contribution is -2.56. The van der Waals surface area contributed by atoms with E-state index >= 15 is 0 Å². The summed E-state index contributed by atoms with van der Waals surface area (Å²) in [6, 6.07) is 5.35. The van der Waals surface area contributed by atoms with Crippen LogP contribution in [0.5, 0.6) is 0 Å². The van der Waals surface area contributed by atoms with E-state index in [9.17, 15) is 14.4 Å². The van der Waals surface area contributed by atoms with Gasteiger partial charge < -0.3 is 15.1 Å². The number of carbonyl (C=O) groups is 3. The summed E-state index contributed by atoms with van der Waals surface area (Å²) in [5.41, 5.74) is 2.14. The number of hydrogen-bond acceptors (Lipinski definition) is 6. The number of hydrogen-bond donors (Lipinski definition) is 1. The zero-order valence-electron chi connectivity index (χ0n) is 18.0. The van der Waals surface area contributed by atoms with Crippen LogP contribution in [0.15, 0.2) is 29.8 Å². The van der Waals surface area contributed by atoms with E-state index in [2.05, 4.69) is 15.2 Å². The maximum absolute atomic E-state index is 13.4. The Morgan fingerprint density at radius 1 is 1.06 bits per heavy atom. The van der Waals surface area contributed by atoms with E-state index in [0.717, 1.165) is 63.8 Å². The van der Waals surface area contributed by atoms with Gasteiger partial charge in [0.25, 0.3) is 5.91 Å². The molecule has 2 fully saturated rings. The van der Waals surface area contributed by atoms with Crippen LogP contribution in [-0.4, -0.2) is 59.8 Å². The lowest BCUT2D eigenvalue weighted by Gasteiger charge is -2.45. The number of likely N-dealkylation sites (tertiary alicyclic amines) is 1. The average molecular weight is 454 g/mol. The largest absolute Gasteiger partial charge is 0.358 e. The topological polar surface area (TPSA) is 85.9 Å². The molecule has 1 N–H and O–H groups in total. The fraction of sp³-hybridized carbons (Fsp3) is 0.478. The van der Waals surface area contributed by atoms with Crippen molar-refractivity contribution < 1.29 is 14.4 Å². The van der Waals surface area contributed by atoms with Crippen molar-refractivity contribution in [2.75, 3.05) is 41.3 Å². The molecule has 168 valence electrons. The Bertz CT molecular complexity index is 1020. The molecule has 3 aliphatic heterocycles. The quantitative estimate of drug-likeness (QED) is 0.769. The van der Waals surface area contributed by atoms with Crippen molar-refractivity contribution in [1.29, 1.82) is 0 Å². The van der Waals surface area contributed by atoms with Gasteiger partial charge in [-0.25, -0.2) is 4.98 Å². The molecule has 1 aromatic heterocycles. The number of nitrogens with one attached hydrogen (secondary N) is 1. The van der Waals surface area contributed by atoms with Gasteiger partial charge in [-0.2, -0.15) is 0 Å². The lowest BCUT2D eigenvalue weighted by atomic mass is 9.95. The molecule has 0 spiro atoms. The highest BCUT2D eigenvalue weighted by atomic mass is 32.1. The summed E-state index contributed by atoms with van der Waals surface area (Å²) < 4.78 is 0. The summed E-state index contributed by atoms with van der Waals surface area (Å²) in [6.45, 7) is 2.24. The molecule has 8 nitrogen and oxygen atoms in total. The van der Waals surface area contributed by atoms with Gasteiger partial charge in [-0.15, -0.1) is 11.3 Å². The van der Waals surface area contributed by atoms with E-state index in [-0.39, 0.29) is 30.3 Å². The Morgan fingerprint density at radius 3 is 2.66 bits per heavy atom. The van der Waals surface area contributed by atoms with Gasteiger partial charge in [0.15, 0.2) is 5.13 Å². The highest BCUT2D eigenvalue weighted by molar-refractivity contribution is 7.13. The third-order valence-corrected chi connectivity index (χ3v) is 7.19. The monoisotopic (exact) mass is 453 g/mol. The summed E-state index contributed by atoms with van der Waals surface area (Å²) in [6.07, 6.45) is 7.62. The second-order valence-electron chi connectivity index (χ2n) is 8.57. The molecule has 9 heteroatoms. The molecule has 0 saturated carbocycles. The Labute approximate surface area is 191 Å². The molecule has 1 unspecified atom stereocenters. The normalized spacial score (nSPS) is 20.6. The number of piperidine rings is 2. The van der Waals surface area contributed by atoms with Gasteiger partial charge in [0.05, 0.1) is 11.4 Å². The number of thiazole rings is 1. The Hall–Kier alpha value is -2.94. The van der Waals surface area contributed by atoms with Crippen LogP contribution in [0.4, 0.5) is 16.5 Å². The van der Waals surface area contributed by atoms with Crippen LogP contribution in [0.2, 0.25) is 0 Å². The van der Waals surface area contributed by atoms with E-state index in [1.165, 1.54) is 11.3 Å². The highest BCUT2D eigenvalue weighted by Crippen LogP contribution is 2.40. The van der Waals surface area contributed by atoms with Crippen molar-refractivity contribution in [3.8, 4) is 0 Å². The zero-order valence-corrected chi connectivity index (χ0v) is 18.8. The standard InChI is InChI=1S/C23H27N5O3S/c29-20(25-23-24-9-13-32-23)15-28-19-14-16(21(30)26-10-3-1-4-11-26)7-8-17(19)27-12-5-2-6-18(27)22(28)31/h7-9,13-14,18H,1-6,10-12,15H2,(H,24,25,29). The molecule has 2 saturated heterocycles. The van der Waals surface area contributed by atoms with E-state index in [1.807, 2.05) is 17.0 Å². The Kier molecular flexibility index (Phi) is 5.82. The number of amides is 3.